The maximum atomic E-state index is 12.5. The highest BCUT2D eigenvalue weighted by Gasteiger charge is 2.23. The lowest BCUT2D eigenvalue weighted by Crippen LogP contribution is -2.40. The van der Waals surface area contributed by atoms with Crippen molar-refractivity contribution in [2.75, 3.05) is 26.7 Å². The second kappa shape index (κ2) is 7.65. The smallest absolute Gasteiger partial charge is 0.254 e. The Labute approximate surface area is 128 Å². The van der Waals surface area contributed by atoms with Crippen LogP contribution in [-0.2, 0) is 0 Å². The number of hydrogen-bond donors (Lipinski definition) is 1. The Hall–Kier alpha value is -1.06. The molecule has 0 saturated carbocycles. The molecule has 0 radical (unpaired) electrons. The highest BCUT2D eigenvalue weighted by molar-refractivity contribution is 5.95. The topological polar surface area (TPSA) is 32.3 Å². The minimum absolute atomic E-state index is 0. The van der Waals surface area contributed by atoms with E-state index in [4.69, 9.17) is 0 Å². The Balaban J connectivity index is 0.00000200. The van der Waals surface area contributed by atoms with E-state index in [2.05, 4.69) is 18.3 Å². The molecular weight excluding hydrogens is 272 g/mol. The first-order valence-electron chi connectivity index (χ1n) is 7.13. The molecule has 112 valence electrons. The number of nitrogens with zero attached hydrogens (tertiary/aromatic N) is 1. The van der Waals surface area contributed by atoms with Crippen LogP contribution in [0.2, 0.25) is 0 Å². The van der Waals surface area contributed by atoms with Crippen molar-refractivity contribution < 1.29 is 4.79 Å². The van der Waals surface area contributed by atoms with Crippen LogP contribution in [0.1, 0.15) is 34.3 Å². The molecule has 0 unspecified atom stereocenters. The maximum absolute atomic E-state index is 12.5. The van der Waals surface area contributed by atoms with Crippen LogP contribution in [0.5, 0.6) is 0 Å². The number of carbonyl (C=O) groups is 1. The Morgan fingerprint density at radius 1 is 1.30 bits per heavy atom. The van der Waals surface area contributed by atoms with Crippen molar-refractivity contribution in [3.63, 3.8) is 0 Å². The first-order chi connectivity index (χ1) is 9.11. The summed E-state index contributed by atoms with van der Waals surface area (Å²) in [5, 5.41) is 3.23. The number of amides is 1. The van der Waals surface area contributed by atoms with Crippen molar-refractivity contribution in [2.24, 2.45) is 5.92 Å². The molecule has 1 saturated heterocycles. The van der Waals surface area contributed by atoms with E-state index in [0.717, 1.165) is 43.6 Å². The third-order valence-electron chi connectivity index (χ3n) is 4.01. The molecule has 20 heavy (non-hydrogen) atoms. The molecule has 0 bridgehead atoms. The van der Waals surface area contributed by atoms with Crippen LogP contribution in [0.25, 0.3) is 0 Å². The normalized spacial score (nSPS) is 15.8. The van der Waals surface area contributed by atoms with Gasteiger partial charge in [-0.15, -0.1) is 12.4 Å². The zero-order valence-corrected chi connectivity index (χ0v) is 13.4. The van der Waals surface area contributed by atoms with Crippen LogP contribution < -0.4 is 5.32 Å². The fourth-order valence-corrected chi connectivity index (χ4v) is 2.85. The molecule has 0 spiro atoms. The fourth-order valence-electron chi connectivity index (χ4n) is 2.85. The van der Waals surface area contributed by atoms with E-state index in [1.54, 1.807) is 0 Å². The molecule has 1 fully saturated rings. The van der Waals surface area contributed by atoms with Gasteiger partial charge in [-0.3, -0.25) is 4.79 Å². The van der Waals surface area contributed by atoms with Gasteiger partial charge in [0.2, 0.25) is 0 Å². The molecule has 1 aliphatic heterocycles. The number of halogens is 1. The molecule has 3 nitrogen and oxygen atoms in total. The lowest BCUT2D eigenvalue weighted by atomic mass is 9.95. The summed E-state index contributed by atoms with van der Waals surface area (Å²) in [5.74, 6) is 0.911. The number of carbonyl (C=O) groups excluding carboxylic acids is 1. The van der Waals surface area contributed by atoms with Crippen molar-refractivity contribution in [3.8, 4) is 0 Å². The van der Waals surface area contributed by atoms with Gasteiger partial charge in [0.25, 0.3) is 5.91 Å². The monoisotopic (exact) mass is 296 g/mol. The van der Waals surface area contributed by atoms with Gasteiger partial charge in [-0.2, -0.15) is 0 Å². The van der Waals surface area contributed by atoms with E-state index in [-0.39, 0.29) is 18.3 Å². The average Bonchev–Trinajstić information content (AvgIpc) is 2.39. The molecule has 1 aromatic rings. The van der Waals surface area contributed by atoms with Gasteiger partial charge in [0.15, 0.2) is 0 Å². The lowest BCUT2D eigenvalue weighted by molar-refractivity contribution is 0.0690. The molecule has 0 aliphatic carbocycles. The summed E-state index contributed by atoms with van der Waals surface area (Å²) >= 11 is 0. The third kappa shape index (κ3) is 3.97. The summed E-state index contributed by atoms with van der Waals surface area (Å²) in [6, 6.07) is 6.07. The van der Waals surface area contributed by atoms with Crippen LogP contribution in [-0.4, -0.2) is 37.5 Å². The van der Waals surface area contributed by atoms with Crippen molar-refractivity contribution in [1.82, 2.24) is 10.2 Å². The lowest BCUT2D eigenvalue weighted by Gasteiger charge is -2.32. The number of rotatable bonds is 3. The van der Waals surface area contributed by atoms with E-state index in [1.165, 1.54) is 5.56 Å². The van der Waals surface area contributed by atoms with Gasteiger partial charge in [-0.1, -0.05) is 17.7 Å². The van der Waals surface area contributed by atoms with Gasteiger partial charge in [0.05, 0.1) is 0 Å². The molecule has 1 aromatic carbocycles. The van der Waals surface area contributed by atoms with Crippen LogP contribution in [0.3, 0.4) is 0 Å². The van der Waals surface area contributed by atoms with Crippen molar-refractivity contribution in [2.45, 2.75) is 26.7 Å². The van der Waals surface area contributed by atoms with Crippen LogP contribution in [0.15, 0.2) is 18.2 Å². The molecule has 2 rings (SSSR count). The zero-order chi connectivity index (χ0) is 13.8. The Bertz CT molecular complexity index is 454. The highest BCUT2D eigenvalue weighted by atomic mass is 35.5. The van der Waals surface area contributed by atoms with Crippen LogP contribution in [0.4, 0.5) is 0 Å². The number of hydrogen-bond acceptors (Lipinski definition) is 2. The molecule has 1 N–H and O–H groups in total. The Morgan fingerprint density at radius 3 is 2.50 bits per heavy atom. The average molecular weight is 297 g/mol. The maximum Gasteiger partial charge on any atom is 0.254 e. The molecule has 1 amide bonds. The van der Waals surface area contributed by atoms with Gasteiger partial charge in [-0.05, 0) is 57.8 Å². The van der Waals surface area contributed by atoms with Crippen LogP contribution >= 0.6 is 12.4 Å². The standard InChI is InChI=1S/C16H24N2O.ClH/c1-12-4-5-15(13(2)10-12)16(19)18-8-6-14(7-9-18)11-17-3;/h4-5,10,14,17H,6-9,11H2,1-3H3;1H. The number of aryl methyl sites for hydroxylation is 2. The predicted octanol–water partition coefficient (Wildman–Crippen LogP) is 2.80. The Kier molecular flexibility index (Phi) is 6.50. The largest absolute Gasteiger partial charge is 0.339 e. The number of likely N-dealkylation sites (tertiary alicyclic amines) is 1. The molecule has 0 aromatic heterocycles. The molecular formula is C16H25ClN2O. The van der Waals surface area contributed by atoms with E-state index < -0.39 is 0 Å². The second-order valence-corrected chi connectivity index (χ2v) is 5.61. The quantitative estimate of drug-likeness (QED) is 0.930. The van der Waals surface area contributed by atoms with E-state index in [0.29, 0.717) is 5.92 Å². The summed E-state index contributed by atoms with van der Waals surface area (Å²) in [6.07, 6.45) is 2.22. The predicted molar refractivity (Wildman–Crippen MR) is 85.7 cm³/mol. The summed E-state index contributed by atoms with van der Waals surface area (Å²) < 4.78 is 0. The van der Waals surface area contributed by atoms with Crippen molar-refractivity contribution in [1.29, 1.82) is 0 Å². The number of benzene rings is 1. The highest BCUT2D eigenvalue weighted by Crippen LogP contribution is 2.20. The summed E-state index contributed by atoms with van der Waals surface area (Å²) in [6.45, 7) is 6.92. The SMILES string of the molecule is CNCC1CCN(C(=O)c2ccc(C)cc2C)CC1.Cl. The minimum Gasteiger partial charge on any atom is -0.339 e. The molecule has 1 heterocycles. The minimum atomic E-state index is 0. The Morgan fingerprint density at radius 2 is 1.95 bits per heavy atom. The van der Waals surface area contributed by atoms with E-state index >= 15 is 0 Å². The fraction of sp³-hybridized carbons (Fsp3) is 0.562. The molecule has 4 heteroatoms. The number of nitrogens with one attached hydrogen (secondary N) is 1. The van der Waals surface area contributed by atoms with Crippen molar-refractivity contribution in [3.05, 3.63) is 34.9 Å². The first-order valence-corrected chi connectivity index (χ1v) is 7.13. The zero-order valence-electron chi connectivity index (χ0n) is 12.6. The van der Waals surface area contributed by atoms with Crippen LogP contribution in [0, 0.1) is 19.8 Å². The van der Waals surface area contributed by atoms with Gasteiger partial charge >= 0.3 is 0 Å². The number of piperidine rings is 1. The molecule has 1 aliphatic rings. The summed E-state index contributed by atoms with van der Waals surface area (Å²) in [7, 11) is 1.99. The second-order valence-electron chi connectivity index (χ2n) is 5.61. The van der Waals surface area contributed by atoms with Gasteiger partial charge in [-0.25, -0.2) is 0 Å². The van der Waals surface area contributed by atoms with Crippen molar-refractivity contribution >= 4 is 18.3 Å². The summed E-state index contributed by atoms with van der Waals surface area (Å²) in [5.41, 5.74) is 3.15. The third-order valence-corrected chi connectivity index (χ3v) is 4.01. The van der Waals surface area contributed by atoms with E-state index in [1.807, 2.05) is 31.0 Å². The summed E-state index contributed by atoms with van der Waals surface area (Å²) in [4.78, 5) is 14.5. The van der Waals surface area contributed by atoms with Gasteiger partial charge < -0.3 is 10.2 Å². The van der Waals surface area contributed by atoms with Gasteiger partial charge in [0, 0.05) is 18.7 Å². The van der Waals surface area contributed by atoms with E-state index in [9.17, 15) is 4.79 Å². The molecule has 0 atom stereocenters. The first kappa shape index (κ1) is 17.0. The van der Waals surface area contributed by atoms with Gasteiger partial charge in [0.1, 0.15) is 0 Å².